The molecule has 2 saturated heterocycles. The summed E-state index contributed by atoms with van der Waals surface area (Å²) in [4.78, 5) is 38.1. The molecule has 0 aliphatic carbocycles. The number of nitrogens with zero attached hydrogens (tertiary/aromatic N) is 3. The topological polar surface area (TPSA) is 130 Å². The molecule has 0 unspecified atom stereocenters. The zero-order chi connectivity index (χ0) is 28.6. The van der Waals surface area contributed by atoms with Gasteiger partial charge in [-0.1, -0.05) is 6.07 Å². The number of piperidine rings is 1. The summed E-state index contributed by atoms with van der Waals surface area (Å²) in [5, 5.41) is 14.2. The van der Waals surface area contributed by atoms with E-state index in [1.807, 2.05) is 12.1 Å². The van der Waals surface area contributed by atoms with Crippen molar-refractivity contribution in [1.29, 1.82) is 0 Å². The Hall–Kier alpha value is -3.14. The number of hydrogen-bond acceptors (Lipinski definition) is 7. The van der Waals surface area contributed by atoms with Crippen molar-refractivity contribution < 1.29 is 60.4 Å². The second kappa shape index (κ2) is 13.4. The minimum absolute atomic E-state index is 0.0832. The zero-order valence-corrected chi connectivity index (χ0v) is 20.0. The van der Waals surface area contributed by atoms with E-state index in [0.717, 1.165) is 38.0 Å². The number of aromatic nitrogens is 1. The predicted octanol–water partition coefficient (Wildman–Crippen LogP) is 2.42. The molecule has 2 aliphatic heterocycles. The van der Waals surface area contributed by atoms with Crippen LogP contribution in [0.4, 0.5) is 26.3 Å². The Kier molecular flexibility index (Phi) is 11.6. The lowest BCUT2D eigenvalue weighted by Crippen LogP contribution is -2.42. The number of likely N-dealkylation sites (N-methyl/N-ethyl adjacent to an activating group) is 1. The van der Waals surface area contributed by atoms with Crippen LogP contribution in [0.3, 0.4) is 0 Å². The van der Waals surface area contributed by atoms with E-state index in [1.165, 1.54) is 0 Å². The van der Waals surface area contributed by atoms with E-state index in [-0.39, 0.29) is 18.1 Å². The number of aliphatic carboxylic acids is 2. The summed E-state index contributed by atoms with van der Waals surface area (Å²) in [7, 11) is 5.22. The number of carboxylic acids is 2. The molecular weight excluding hydrogens is 520 g/mol. The number of alkyl halides is 6. The highest BCUT2D eigenvalue weighted by molar-refractivity contribution is 5.80. The molecule has 3 atom stereocenters. The largest absolute Gasteiger partial charge is 0.490 e. The fourth-order valence-corrected chi connectivity index (χ4v) is 3.55. The second-order valence-corrected chi connectivity index (χ2v) is 8.19. The third kappa shape index (κ3) is 10.4. The van der Waals surface area contributed by atoms with Crippen LogP contribution in [0.25, 0.3) is 0 Å². The van der Waals surface area contributed by atoms with Gasteiger partial charge in [0.2, 0.25) is 5.88 Å². The average Bonchev–Trinajstić information content (AvgIpc) is 3.21. The molecule has 0 spiro atoms. The van der Waals surface area contributed by atoms with Crippen molar-refractivity contribution in [2.24, 2.45) is 5.92 Å². The predicted molar refractivity (Wildman–Crippen MR) is 114 cm³/mol. The lowest BCUT2D eigenvalue weighted by atomic mass is 9.91. The van der Waals surface area contributed by atoms with Crippen LogP contribution in [0, 0.1) is 5.92 Å². The molecule has 0 saturated carbocycles. The lowest BCUT2D eigenvalue weighted by molar-refractivity contribution is -0.193. The van der Waals surface area contributed by atoms with Crippen molar-refractivity contribution >= 4 is 17.8 Å². The third-order valence-electron chi connectivity index (χ3n) is 5.27. The van der Waals surface area contributed by atoms with Crippen molar-refractivity contribution in [3.63, 3.8) is 0 Å². The molecule has 2 fully saturated rings. The molecule has 1 amide bonds. The molecule has 37 heavy (non-hydrogen) atoms. The van der Waals surface area contributed by atoms with Gasteiger partial charge in [0.05, 0.1) is 13.2 Å². The molecule has 10 nitrogen and oxygen atoms in total. The molecule has 2 aliphatic rings. The number of amides is 1. The highest BCUT2D eigenvalue weighted by atomic mass is 19.4. The number of halogens is 6. The first-order chi connectivity index (χ1) is 17.0. The monoisotopic (exact) mass is 547 g/mol. The number of ether oxygens (including phenoxy) is 2. The van der Waals surface area contributed by atoms with Crippen molar-refractivity contribution in [3.05, 3.63) is 23.9 Å². The summed E-state index contributed by atoms with van der Waals surface area (Å²) in [6, 6.07) is 3.98. The molecule has 0 radical (unpaired) electrons. The third-order valence-corrected chi connectivity index (χ3v) is 5.27. The molecule has 1 aromatic rings. The second-order valence-electron chi connectivity index (χ2n) is 8.19. The van der Waals surface area contributed by atoms with Crippen LogP contribution in [-0.2, 0) is 25.7 Å². The van der Waals surface area contributed by atoms with Gasteiger partial charge in [-0.15, -0.1) is 0 Å². The van der Waals surface area contributed by atoms with Crippen LogP contribution < -0.4 is 4.74 Å². The number of hydrogen-bond donors (Lipinski definition) is 2. The molecule has 3 heterocycles. The summed E-state index contributed by atoms with van der Waals surface area (Å²) < 4.78 is 74.8. The number of likely N-dealkylation sites (tertiary alicyclic amines) is 1. The summed E-state index contributed by atoms with van der Waals surface area (Å²) >= 11 is 0. The van der Waals surface area contributed by atoms with E-state index in [2.05, 4.69) is 9.88 Å². The fourth-order valence-electron chi connectivity index (χ4n) is 3.55. The number of pyridine rings is 1. The minimum Gasteiger partial charge on any atom is -0.481 e. The maximum Gasteiger partial charge on any atom is 0.490 e. The van der Waals surface area contributed by atoms with Crippen molar-refractivity contribution in [1.82, 2.24) is 14.8 Å². The standard InChI is InChI=1S/C17H25N3O3.2C2HF3O2/c1-19(2)17(21)14-9-12-6-8-20(11-15(12)23-14)10-13-5-4-7-18-16(13)22-3;2*3-2(4,5)1(6)7/h4-5,7,12,14-15H,6,8-11H2,1-3H3;2*(H,6,7)/t12-,14+,15+;;/m0../s1. The number of carboxylic acid groups (broad SMARTS) is 2. The van der Waals surface area contributed by atoms with Gasteiger partial charge in [-0.2, -0.15) is 26.3 Å². The highest BCUT2D eigenvalue weighted by Crippen LogP contribution is 2.34. The Bertz CT molecular complexity index is 903. The van der Waals surface area contributed by atoms with E-state index in [1.54, 1.807) is 32.3 Å². The fraction of sp³-hybridized carbons (Fsp3) is 0.619. The van der Waals surface area contributed by atoms with Crippen LogP contribution in [0.2, 0.25) is 0 Å². The SMILES string of the molecule is COc1ncccc1CN1CC[C@H]2C[C@H](C(=O)N(C)C)O[C@@H]2C1.O=C(O)C(F)(F)F.O=C(O)C(F)(F)F. The van der Waals surface area contributed by atoms with Crippen LogP contribution in [0.5, 0.6) is 5.88 Å². The molecule has 16 heteroatoms. The average molecular weight is 547 g/mol. The Morgan fingerprint density at radius 1 is 1.14 bits per heavy atom. The van der Waals surface area contributed by atoms with Gasteiger partial charge >= 0.3 is 24.3 Å². The van der Waals surface area contributed by atoms with E-state index in [0.29, 0.717) is 11.8 Å². The van der Waals surface area contributed by atoms with Gasteiger partial charge in [0.25, 0.3) is 5.91 Å². The van der Waals surface area contributed by atoms with E-state index >= 15 is 0 Å². The van der Waals surface area contributed by atoms with E-state index < -0.39 is 24.3 Å². The van der Waals surface area contributed by atoms with Crippen LogP contribution in [0.1, 0.15) is 18.4 Å². The summed E-state index contributed by atoms with van der Waals surface area (Å²) in [6.07, 6.45) is -6.62. The minimum atomic E-state index is -5.08. The Morgan fingerprint density at radius 3 is 2.14 bits per heavy atom. The van der Waals surface area contributed by atoms with Gasteiger partial charge in [-0.3, -0.25) is 9.69 Å². The molecule has 0 aromatic carbocycles. The number of carbonyl (C=O) groups excluding carboxylic acids is 1. The van der Waals surface area contributed by atoms with Crippen LogP contribution in [-0.4, -0.2) is 102 Å². The first-order valence-corrected chi connectivity index (χ1v) is 10.6. The molecule has 0 bridgehead atoms. The number of fused-ring (bicyclic) bond motifs is 1. The van der Waals surface area contributed by atoms with Crippen molar-refractivity contribution in [2.75, 3.05) is 34.3 Å². The summed E-state index contributed by atoms with van der Waals surface area (Å²) in [5.74, 6) is -4.25. The Balaban J connectivity index is 0.000000404. The Morgan fingerprint density at radius 2 is 1.68 bits per heavy atom. The van der Waals surface area contributed by atoms with Crippen molar-refractivity contribution in [3.8, 4) is 5.88 Å². The van der Waals surface area contributed by atoms with Gasteiger partial charge in [-0.25, -0.2) is 14.6 Å². The molecule has 210 valence electrons. The van der Waals surface area contributed by atoms with Gasteiger partial charge in [0.15, 0.2) is 0 Å². The highest BCUT2D eigenvalue weighted by Gasteiger charge is 2.42. The number of methoxy groups -OCH3 is 1. The number of rotatable bonds is 4. The summed E-state index contributed by atoms with van der Waals surface area (Å²) in [5.41, 5.74) is 1.09. The normalized spacial score (nSPS) is 21.4. The Labute approximate surface area is 207 Å². The quantitative estimate of drug-likeness (QED) is 0.546. The molecule has 3 rings (SSSR count). The zero-order valence-electron chi connectivity index (χ0n) is 20.0. The lowest BCUT2D eigenvalue weighted by Gasteiger charge is -2.34. The van der Waals surface area contributed by atoms with Crippen molar-refractivity contribution in [2.45, 2.75) is 43.9 Å². The van der Waals surface area contributed by atoms with Gasteiger partial charge < -0.3 is 24.6 Å². The van der Waals surface area contributed by atoms with Crippen LogP contribution in [0.15, 0.2) is 18.3 Å². The smallest absolute Gasteiger partial charge is 0.481 e. The first-order valence-electron chi connectivity index (χ1n) is 10.6. The maximum atomic E-state index is 12.1. The first kappa shape index (κ1) is 31.9. The molecule has 2 N–H and O–H groups in total. The molecular formula is C21H27F6N3O7. The van der Waals surface area contributed by atoms with Gasteiger partial charge in [0.1, 0.15) is 6.10 Å². The van der Waals surface area contributed by atoms with E-state index in [4.69, 9.17) is 29.3 Å². The van der Waals surface area contributed by atoms with E-state index in [9.17, 15) is 31.1 Å². The number of carbonyl (C=O) groups is 3. The summed E-state index contributed by atoms with van der Waals surface area (Å²) in [6.45, 7) is 2.68. The van der Waals surface area contributed by atoms with Gasteiger partial charge in [-0.05, 0) is 31.4 Å². The molecule has 1 aromatic heterocycles. The maximum absolute atomic E-state index is 12.1. The van der Waals surface area contributed by atoms with Crippen LogP contribution >= 0.6 is 0 Å². The van der Waals surface area contributed by atoms with Gasteiger partial charge in [0, 0.05) is 38.9 Å².